The normalized spacial score (nSPS) is 17.6. The molecule has 2 unspecified atom stereocenters. The van der Waals surface area contributed by atoms with Crippen LogP contribution >= 0.6 is 0 Å². The predicted octanol–water partition coefficient (Wildman–Crippen LogP) is 2.24. The molecular formula is C15H24N2O2. The van der Waals surface area contributed by atoms with Crippen LogP contribution in [0.5, 0.6) is 11.5 Å². The van der Waals surface area contributed by atoms with Crippen molar-refractivity contribution in [1.29, 1.82) is 0 Å². The third-order valence-corrected chi connectivity index (χ3v) is 3.43. The third-order valence-electron chi connectivity index (χ3n) is 3.43. The number of nitrogens with one attached hydrogen (secondary N) is 1. The second kappa shape index (κ2) is 6.78. The Balaban J connectivity index is 2.12. The number of hydrogen-bond donors (Lipinski definition) is 2. The number of ether oxygens (including phenoxy) is 2. The molecule has 2 atom stereocenters. The highest BCUT2D eigenvalue weighted by Gasteiger charge is 2.15. The minimum Gasteiger partial charge on any atom is -0.490 e. The van der Waals surface area contributed by atoms with Crippen molar-refractivity contribution in [1.82, 2.24) is 5.32 Å². The quantitative estimate of drug-likeness (QED) is 0.856. The molecule has 1 aliphatic heterocycles. The minimum atomic E-state index is 0.233. The van der Waals surface area contributed by atoms with Crippen LogP contribution in [0.25, 0.3) is 0 Å². The lowest BCUT2D eigenvalue weighted by Crippen LogP contribution is -2.21. The van der Waals surface area contributed by atoms with Gasteiger partial charge in [0.15, 0.2) is 11.5 Å². The van der Waals surface area contributed by atoms with E-state index >= 15 is 0 Å². The molecule has 0 bridgehead atoms. The SMILES string of the molecule is CNC(CCC(C)N)c1ccc2c(c1)OCCCO2. The van der Waals surface area contributed by atoms with Crippen molar-refractivity contribution in [2.45, 2.75) is 38.3 Å². The molecule has 2 rings (SSSR count). The summed E-state index contributed by atoms with van der Waals surface area (Å²) in [5.41, 5.74) is 7.06. The van der Waals surface area contributed by atoms with Gasteiger partial charge in [-0.05, 0) is 44.5 Å². The van der Waals surface area contributed by atoms with Crippen molar-refractivity contribution < 1.29 is 9.47 Å². The molecule has 0 aromatic heterocycles. The first-order valence-electron chi connectivity index (χ1n) is 7.03. The lowest BCUT2D eigenvalue weighted by atomic mass is 9.99. The summed E-state index contributed by atoms with van der Waals surface area (Å²) >= 11 is 0. The van der Waals surface area contributed by atoms with E-state index in [-0.39, 0.29) is 6.04 Å². The van der Waals surface area contributed by atoms with Gasteiger partial charge < -0.3 is 20.5 Å². The average molecular weight is 264 g/mol. The summed E-state index contributed by atoms with van der Waals surface area (Å²) in [5, 5.41) is 3.34. The second-order valence-corrected chi connectivity index (χ2v) is 5.15. The molecular weight excluding hydrogens is 240 g/mol. The molecule has 1 heterocycles. The van der Waals surface area contributed by atoms with Gasteiger partial charge in [0, 0.05) is 18.5 Å². The lowest BCUT2D eigenvalue weighted by molar-refractivity contribution is 0.297. The van der Waals surface area contributed by atoms with E-state index in [2.05, 4.69) is 17.4 Å². The van der Waals surface area contributed by atoms with Gasteiger partial charge >= 0.3 is 0 Å². The minimum absolute atomic E-state index is 0.233. The van der Waals surface area contributed by atoms with Crippen LogP contribution in [0, 0.1) is 0 Å². The van der Waals surface area contributed by atoms with E-state index in [1.807, 2.05) is 20.0 Å². The molecule has 0 aliphatic carbocycles. The largest absolute Gasteiger partial charge is 0.490 e. The molecule has 19 heavy (non-hydrogen) atoms. The van der Waals surface area contributed by atoms with E-state index in [4.69, 9.17) is 15.2 Å². The molecule has 1 aliphatic rings. The van der Waals surface area contributed by atoms with Gasteiger partial charge in [0.25, 0.3) is 0 Å². The molecule has 0 spiro atoms. The van der Waals surface area contributed by atoms with E-state index in [1.54, 1.807) is 0 Å². The molecule has 0 fully saturated rings. The zero-order valence-corrected chi connectivity index (χ0v) is 11.8. The van der Waals surface area contributed by atoms with Crippen molar-refractivity contribution >= 4 is 0 Å². The summed E-state index contributed by atoms with van der Waals surface area (Å²) in [7, 11) is 1.98. The van der Waals surface area contributed by atoms with E-state index in [9.17, 15) is 0 Å². The van der Waals surface area contributed by atoms with Crippen LogP contribution in [0.4, 0.5) is 0 Å². The zero-order chi connectivity index (χ0) is 13.7. The Morgan fingerprint density at radius 3 is 2.63 bits per heavy atom. The van der Waals surface area contributed by atoms with Crippen LogP contribution in [-0.2, 0) is 0 Å². The first-order valence-corrected chi connectivity index (χ1v) is 7.03. The Hall–Kier alpha value is -1.26. The standard InChI is InChI=1S/C15H24N2O2/c1-11(16)4-6-13(17-2)12-5-7-14-15(10-12)19-9-3-8-18-14/h5,7,10-11,13,17H,3-4,6,8-9,16H2,1-2H3. The molecule has 0 saturated heterocycles. The van der Waals surface area contributed by atoms with Gasteiger partial charge in [0.1, 0.15) is 0 Å². The lowest BCUT2D eigenvalue weighted by Gasteiger charge is -2.19. The zero-order valence-electron chi connectivity index (χ0n) is 11.8. The highest BCUT2D eigenvalue weighted by molar-refractivity contribution is 5.44. The van der Waals surface area contributed by atoms with Crippen LogP contribution in [-0.4, -0.2) is 26.3 Å². The molecule has 4 heteroatoms. The summed E-state index contributed by atoms with van der Waals surface area (Å²) in [6.07, 6.45) is 2.96. The van der Waals surface area contributed by atoms with Crippen LogP contribution in [0.1, 0.15) is 37.8 Å². The maximum absolute atomic E-state index is 5.83. The van der Waals surface area contributed by atoms with Crippen molar-refractivity contribution in [3.63, 3.8) is 0 Å². The van der Waals surface area contributed by atoms with Crippen molar-refractivity contribution in [3.05, 3.63) is 23.8 Å². The highest BCUT2D eigenvalue weighted by Crippen LogP contribution is 2.33. The first kappa shape index (κ1) is 14.2. The van der Waals surface area contributed by atoms with E-state index in [0.29, 0.717) is 6.04 Å². The fourth-order valence-electron chi connectivity index (χ4n) is 2.30. The number of benzene rings is 1. The number of fused-ring (bicyclic) bond motifs is 1. The Kier molecular flexibility index (Phi) is 5.05. The Bertz CT molecular complexity index is 407. The summed E-state index contributed by atoms with van der Waals surface area (Å²) in [6.45, 7) is 3.49. The topological polar surface area (TPSA) is 56.5 Å². The average Bonchev–Trinajstić information content (AvgIpc) is 2.63. The molecule has 0 radical (unpaired) electrons. The number of hydrogen-bond acceptors (Lipinski definition) is 4. The van der Waals surface area contributed by atoms with Gasteiger partial charge in [0.05, 0.1) is 13.2 Å². The first-order chi connectivity index (χ1) is 9.20. The fourth-order valence-corrected chi connectivity index (χ4v) is 2.30. The van der Waals surface area contributed by atoms with E-state index < -0.39 is 0 Å². The van der Waals surface area contributed by atoms with Gasteiger partial charge in [-0.25, -0.2) is 0 Å². The maximum atomic E-state index is 5.83. The highest BCUT2D eigenvalue weighted by atomic mass is 16.5. The van der Waals surface area contributed by atoms with Crippen molar-refractivity contribution in [2.75, 3.05) is 20.3 Å². The molecule has 0 saturated carbocycles. The van der Waals surface area contributed by atoms with Crippen LogP contribution in [0.2, 0.25) is 0 Å². The number of nitrogens with two attached hydrogens (primary N) is 1. The van der Waals surface area contributed by atoms with Crippen molar-refractivity contribution in [2.24, 2.45) is 5.73 Å². The molecule has 1 aromatic rings. The second-order valence-electron chi connectivity index (χ2n) is 5.15. The predicted molar refractivity (Wildman–Crippen MR) is 76.7 cm³/mol. The Labute approximate surface area is 115 Å². The molecule has 0 amide bonds. The molecule has 4 nitrogen and oxygen atoms in total. The van der Waals surface area contributed by atoms with E-state index in [1.165, 1.54) is 5.56 Å². The third kappa shape index (κ3) is 3.85. The van der Waals surface area contributed by atoms with Crippen LogP contribution in [0.15, 0.2) is 18.2 Å². The van der Waals surface area contributed by atoms with Gasteiger partial charge in [-0.2, -0.15) is 0 Å². The van der Waals surface area contributed by atoms with Crippen LogP contribution < -0.4 is 20.5 Å². The molecule has 1 aromatic carbocycles. The summed E-state index contributed by atoms with van der Waals surface area (Å²) in [6, 6.07) is 6.74. The molecule has 3 N–H and O–H groups in total. The van der Waals surface area contributed by atoms with Gasteiger partial charge in [-0.3, -0.25) is 0 Å². The monoisotopic (exact) mass is 264 g/mol. The Morgan fingerprint density at radius 2 is 1.95 bits per heavy atom. The summed E-state index contributed by atoms with van der Waals surface area (Å²) < 4.78 is 11.4. The summed E-state index contributed by atoms with van der Waals surface area (Å²) in [5.74, 6) is 1.71. The van der Waals surface area contributed by atoms with Crippen LogP contribution in [0.3, 0.4) is 0 Å². The smallest absolute Gasteiger partial charge is 0.161 e. The maximum Gasteiger partial charge on any atom is 0.161 e. The van der Waals surface area contributed by atoms with Crippen molar-refractivity contribution in [3.8, 4) is 11.5 Å². The van der Waals surface area contributed by atoms with E-state index in [0.717, 1.165) is 44.0 Å². The van der Waals surface area contributed by atoms with Gasteiger partial charge in [-0.1, -0.05) is 6.07 Å². The van der Waals surface area contributed by atoms with Gasteiger partial charge in [-0.15, -0.1) is 0 Å². The Morgan fingerprint density at radius 1 is 1.21 bits per heavy atom. The molecule has 106 valence electrons. The fraction of sp³-hybridized carbons (Fsp3) is 0.600. The van der Waals surface area contributed by atoms with Gasteiger partial charge in [0.2, 0.25) is 0 Å². The summed E-state index contributed by atoms with van der Waals surface area (Å²) in [4.78, 5) is 0. The number of rotatable bonds is 5.